The lowest BCUT2D eigenvalue weighted by Gasteiger charge is -2.35. The zero-order valence-electron chi connectivity index (χ0n) is 12.0. The molecule has 1 aromatic carbocycles. The third-order valence-electron chi connectivity index (χ3n) is 3.59. The fraction of sp³-hybridized carbons (Fsp3) is 0.571. The molecule has 0 unspecified atom stereocenters. The first-order valence-corrected chi connectivity index (χ1v) is 6.77. The quantitative estimate of drug-likeness (QED) is 0.862. The first-order chi connectivity index (χ1) is 9.47. The van der Waals surface area contributed by atoms with Gasteiger partial charge in [0.05, 0.1) is 0 Å². The number of halogens is 5. The maximum Gasteiger partial charge on any atom is 0.389 e. The predicted octanol–water partition coefficient (Wildman–Crippen LogP) is 3.52. The van der Waals surface area contributed by atoms with Crippen LogP contribution in [-0.4, -0.2) is 42.4 Å². The van der Waals surface area contributed by atoms with Gasteiger partial charge >= 0.3 is 6.18 Å². The molecule has 22 heavy (non-hydrogen) atoms. The molecule has 1 aliphatic rings. The lowest BCUT2D eigenvalue weighted by Crippen LogP contribution is -2.45. The molecule has 0 aliphatic carbocycles. The number of aromatic hydroxyl groups is 1. The number of rotatable bonds is 4. The van der Waals surface area contributed by atoms with Crippen molar-refractivity contribution >= 4 is 24.8 Å². The van der Waals surface area contributed by atoms with Crippen molar-refractivity contribution in [2.75, 3.05) is 26.2 Å². The Balaban J connectivity index is 0.00000220. The monoisotopic (exact) mass is 360 g/mol. The van der Waals surface area contributed by atoms with Crippen LogP contribution >= 0.6 is 24.8 Å². The second kappa shape index (κ2) is 9.45. The van der Waals surface area contributed by atoms with Crippen molar-refractivity contribution in [2.24, 2.45) is 0 Å². The number of piperazine rings is 1. The van der Waals surface area contributed by atoms with Crippen LogP contribution in [0.1, 0.15) is 24.4 Å². The van der Waals surface area contributed by atoms with Crippen LogP contribution in [0.3, 0.4) is 0 Å². The standard InChI is InChI=1S/C14H19F3N2O.2ClH/c15-14(16,17)6-5-12(19-9-7-18-8-10-19)11-3-1-2-4-13(11)20;;/h1-4,12,18,20H,5-10H2;2*1H/t12-;;/m0../s1. The van der Waals surface area contributed by atoms with Gasteiger partial charge in [-0.2, -0.15) is 13.2 Å². The Kier molecular flexibility index (Phi) is 9.15. The van der Waals surface area contributed by atoms with E-state index in [2.05, 4.69) is 5.32 Å². The number of alkyl halides is 3. The zero-order chi connectivity index (χ0) is 14.6. The number of hydrogen-bond donors (Lipinski definition) is 2. The summed E-state index contributed by atoms with van der Waals surface area (Å²) in [6, 6.07) is 6.27. The van der Waals surface area contributed by atoms with Gasteiger partial charge in [-0.3, -0.25) is 4.90 Å². The van der Waals surface area contributed by atoms with Gasteiger partial charge in [0.2, 0.25) is 0 Å². The smallest absolute Gasteiger partial charge is 0.389 e. The predicted molar refractivity (Wildman–Crippen MR) is 85.1 cm³/mol. The highest BCUT2D eigenvalue weighted by molar-refractivity contribution is 5.85. The molecule has 0 bridgehead atoms. The Morgan fingerprint density at radius 2 is 1.73 bits per heavy atom. The average molecular weight is 361 g/mol. The molecule has 0 amide bonds. The summed E-state index contributed by atoms with van der Waals surface area (Å²) in [6.45, 7) is 2.90. The summed E-state index contributed by atoms with van der Waals surface area (Å²) in [5.74, 6) is 0.0678. The highest BCUT2D eigenvalue weighted by Gasteiger charge is 2.32. The number of phenols is 1. The molecule has 1 atom stereocenters. The van der Waals surface area contributed by atoms with Crippen molar-refractivity contribution in [3.8, 4) is 5.75 Å². The summed E-state index contributed by atoms with van der Waals surface area (Å²) in [4.78, 5) is 2.01. The van der Waals surface area contributed by atoms with E-state index >= 15 is 0 Å². The van der Waals surface area contributed by atoms with Crippen LogP contribution in [0, 0.1) is 0 Å². The minimum atomic E-state index is -4.17. The van der Waals surface area contributed by atoms with Gasteiger partial charge in [0, 0.05) is 44.2 Å². The van der Waals surface area contributed by atoms with E-state index in [0.29, 0.717) is 18.7 Å². The lowest BCUT2D eigenvalue weighted by molar-refractivity contribution is -0.138. The zero-order valence-corrected chi connectivity index (χ0v) is 13.6. The molecule has 2 rings (SSSR count). The molecule has 1 aromatic rings. The summed E-state index contributed by atoms with van der Waals surface area (Å²) in [7, 11) is 0. The van der Waals surface area contributed by atoms with Crippen molar-refractivity contribution in [3.63, 3.8) is 0 Å². The summed E-state index contributed by atoms with van der Waals surface area (Å²) in [5.41, 5.74) is 0.582. The van der Waals surface area contributed by atoms with Crippen LogP contribution in [0.4, 0.5) is 13.2 Å². The molecule has 1 aliphatic heterocycles. The van der Waals surface area contributed by atoms with E-state index in [1.54, 1.807) is 18.2 Å². The van der Waals surface area contributed by atoms with Crippen molar-refractivity contribution < 1.29 is 18.3 Å². The average Bonchev–Trinajstić information content (AvgIpc) is 2.41. The van der Waals surface area contributed by atoms with Crippen molar-refractivity contribution in [1.82, 2.24) is 10.2 Å². The largest absolute Gasteiger partial charge is 0.508 e. The number of nitrogens with one attached hydrogen (secondary N) is 1. The minimum Gasteiger partial charge on any atom is -0.508 e. The van der Waals surface area contributed by atoms with Gasteiger partial charge in [-0.1, -0.05) is 18.2 Å². The first-order valence-electron chi connectivity index (χ1n) is 6.77. The number of benzene rings is 1. The van der Waals surface area contributed by atoms with Gasteiger partial charge in [-0.15, -0.1) is 24.8 Å². The first kappa shape index (κ1) is 21.3. The van der Waals surface area contributed by atoms with E-state index in [0.717, 1.165) is 13.1 Å². The molecule has 3 nitrogen and oxygen atoms in total. The molecule has 1 saturated heterocycles. The number of nitrogens with zero attached hydrogens (tertiary/aromatic N) is 1. The highest BCUT2D eigenvalue weighted by atomic mass is 35.5. The Morgan fingerprint density at radius 1 is 1.14 bits per heavy atom. The number of para-hydroxylation sites is 1. The van der Waals surface area contributed by atoms with E-state index in [9.17, 15) is 18.3 Å². The van der Waals surface area contributed by atoms with Crippen molar-refractivity contribution in [2.45, 2.75) is 25.1 Å². The number of phenolic OH excluding ortho intramolecular Hbond substituents is 1. The summed E-state index contributed by atoms with van der Waals surface area (Å²) in [6.07, 6.45) is -5.03. The van der Waals surface area contributed by atoms with Crippen LogP contribution in [0.2, 0.25) is 0 Å². The Hall–Kier alpha value is -0.690. The second-order valence-electron chi connectivity index (χ2n) is 5.01. The van der Waals surface area contributed by atoms with Crippen LogP contribution in [0.15, 0.2) is 24.3 Å². The van der Waals surface area contributed by atoms with Crippen molar-refractivity contribution in [1.29, 1.82) is 0 Å². The molecule has 8 heteroatoms. The van der Waals surface area contributed by atoms with E-state index in [-0.39, 0.29) is 43.0 Å². The molecule has 128 valence electrons. The molecule has 0 spiro atoms. The molecule has 1 fully saturated rings. The Bertz CT molecular complexity index is 440. The molecule has 1 heterocycles. The van der Waals surface area contributed by atoms with Gasteiger partial charge < -0.3 is 10.4 Å². The fourth-order valence-corrected chi connectivity index (χ4v) is 2.60. The van der Waals surface area contributed by atoms with Gasteiger partial charge in [-0.25, -0.2) is 0 Å². The Morgan fingerprint density at radius 3 is 2.27 bits per heavy atom. The molecular weight excluding hydrogens is 340 g/mol. The second-order valence-corrected chi connectivity index (χ2v) is 5.01. The van der Waals surface area contributed by atoms with Gasteiger partial charge in [0.1, 0.15) is 5.75 Å². The van der Waals surface area contributed by atoms with Crippen LogP contribution in [0.5, 0.6) is 5.75 Å². The molecule has 0 saturated carbocycles. The van der Waals surface area contributed by atoms with Crippen LogP contribution < -0.4 is 5.32 Å². The highest BCUT2D eigenvalue weighted by Crippen LogP contribution is 2.35. The van der Waals surface area contributed by atoms with E-state index < -0.39 is 12.6 Å². The maximum atomic E-state index is 12.5. The fourth-order valence-electron chi connectivity index (χ4n) is 2.60. The molecule has 2 N–H and O–H groups in total. The topological polar surface area (TPSA) is 35.5 Å². The molecule has 0 radical (unpaired) electrons. The third-order valence-corrected chi connectivity index (χ3v) is 3.59. The number of hydrogen-bond acceptors (Lipinski definition) is 3. The van der Waals surface area contributed by atoms with E-state index in [4.69, 9.17) is 0 Å². The lowest BCUT2D eigenvalue weighted by atomic mass is 9.98. The molecular formula is C14H21Cl2F3N2O. The SMILES string of the molecule is Cl.Cl.Oc1ccccc1[C@H](CCC(F)(F)F)N1CCNCC1. The van der Waals surface area contributed by atoms with Crippen molar-refractivity contribution in [3.05, 3.63) is 29.8 Å². The normalized spacial score (nSPS) is 17.2. The van der Waals surface area contributed by atoms with Crippen LogP contribution in [-0.2, 0) is 0 Å². The minimum absolute atomic E-state index is 0. The van der Waals surface area contributed by atoms with E-state index in [1.807, 2.05) is 4.90 Å². The van der Waals surface area contributed by atoms with Gasteiger partial charge in [0.15, 0.2) is 0 Å². The maximum absolute atomic E-state index is 12.5. The van der Waals surface area contributed by atoms with E-state index in [1.165, 1.54) is 6.07 Å². The van der Waals surface area contributed by atoms with Gasteiger partial charge in [0.25, 0.3) is 0 Å². The summed E-state index contributed by atoms with van der Waals surface area (Å²) >= 11 is 0. The summed E-state index contributed by atoms with van der Waals surface area (Å²) in [5, 5.41) is 13.1. The molecule has 0 aromatic heterocycles. The van der Waals surface area contributed by atoms with Crippen LogP contribution in [0.25, 0.3) is 0 Å². The summed E-state index contributed by atoms with van der Waals surface area (Å²) < 4.78 is 37.5. The third kappa shape index (κ3) is 6.20. The van der Waals surface area contributed by atoms with Gasteiger partial charge in [-0.05, 0) is 12.5 Å². The Labute approximate surface area is 140 Å².